The molecule has 2 rings (SSSR count). The van der Waals surface area contributed by atoms with Crippen LogP contribution in [0.25, 0.3) is 0 Å². The van der Waals surface area contributed by atoms with E-state index in [9.17, 15) is 14.3 Å². The monoisotopic (exact) mass is 343 g/mol. The number of aliphatic carboxylic acids is 1. The molecule has 2 atom stereocenters. The molecule has 1 aromatic carbocycles. The number of carboxylic acid groups (broad SMARTS) is 1. The van der Waals surface area contributed by atoms with E-state index in [1.54, 1.807) is 12.1 Å². The van der Waals surface area contributed by atoms with Crippen molar-refractivity contribution < 1.29 is 14.3 Å². The molecule has 0 unspecified atom stereocenters. The van der Waals surface area contributed by atoms with Crippen LogP contribution in [-0.2, 0) is 4.79 Å². The van der Waals surface area contributed by atoms with E-state index in [0.717, 1.165) is 0 Å². The molecule has 1 aliphatic rings. The standard InChI is InChI=1S/C15H19BrFNO2/c1-15(2,3)18-7-9(10(8-18)14(19)20)13-11(16)5-4-6-12(13)17/h4-6,9-10H,7-8H2,1-3H3,(H,19,20)/t9-,10-/m1/s1. The lowest BCUT2D eigenvalue weighted by Gasteiger charge is -2.31. The third-order valence-corrected chi connectivity index (χ3v) is 4.65. The molecule has 1 heterocycles. The predicted molar refractivity (Wildman–Crippen MR) is 79.3 cm³/mol. The summed E-state index contributed by atoms with van der Waals surface area (Å²) < 4.78 is 14.8. The van der Waals surface area contributed by atoms with Crippen LogP contribution < -0.4 is 0 Å². The maximum absolute atomic E-state index is 14.1. The number of benzene rings is 1. The molecule has 0 aliphatic carbocycles. The van der Waals surface area contributed by atoms with Gasteiger partial charge in [-0.15, -0.1) is 0 Å². The third-order valence-electron chi connectivity index (χ3n) is 3.96. The number of halogens is 2. The summed E-state index contributed by atoms with van der Waals surface area (Å²) in [6, 6.07) is 4.77. The van der Waals surface area contributed by atoms with Gasteiger partial charge in [0, 0.05) is 34.6 Å². The summed E-state index contributed by atoms with van der Waals surface area (Å²) in [6.07, 6.45) is 0. The van der Waals surface area contributed by atoms with Gasteiger partial charge in [-0.25, -0.2) is 4.39 Å². The minimum absolute atomic E-state index is 0.125. The van der Waals surface area contributed by atoms with Crippen molar-refractivity contribution in [2.45, 2.75) is 32.2 Å². The Morgan fingerprint density at radius 1 is 1.40 bits per heavy atom. The van der Waals surface area contributed by atoms with Crippen molar-refractivity contribution in [3.63, 3.8) is 0 Å². The zero-order valence-corrected chi connectivity index (χ0v) is 13.4. The maximum atomic E-state index is 14.1. The Morgan fingerprint density at radius 3 is 2.55 bits per heavy atom. The van der Waals surface area contributed by atoms with Gasteiger partial charge in [-0.2, -0.15) is 0 Å². The lowest BCUT2D eigenvalue weighted by atomic mass is 9.89. The Morgan fingerprint density at radius 2 is 2.05 bits per heavy atom. The topological polar surface area (TPSA) is 40.5 Å². The van der Waals surface area contributed by atoms with E-state index < -0.39 is 11.9 Å². The van der Waals surface area contributed by atoms with Gasteiger partial charge in [0.05, 0.1) is 5.92 Å². The molecule has 1 aromatic rings. The van der Waals surface area contributed by atoms with Crippen LogP contribution in [0.15, 0.2) is 22.7 Å². The summed E-state index contributed by atoms with van der Waals surface area (Å²) in [4.78, 5) is 13.6. The molecule has 1 fully saturated rings. The minimum Gasteiger partial charge on any atom is -0.481 e. The number of likely N-dealkylation sites (tertiary alicyclic amines) is 1. The van der Waals surface area contributed by atoms with E-state index in [2.05, 4.69) is 20.8 Å². The quantitative estimate of drug-likeness (QED) is 0.893. The largest absolute Gasteiger partial charge is 0.481 e. The molecule has 3 nitrogen and oxygen atoms in total. The first kappa shape index (κ1) is 15.4. The van der Waals surface area contributed by atoms with Gasteiger partial charge in [-0.3, -0.25) is 9.69 Å². The van der Waals surface area contributed by atoms with Gasteiger partial charge in [0.2, 0.25) is 0 Å². The number of rotatable bonds is 2. The molecular formula is C15H19BrFNO2. The molecule has 1 N–H and O–H groups in total. The van der Waals surface area contributed by atoms with Crippen LogP contribution >= 0.6 is 15.9 Å². The van der Waals surface area contributed by atoms with E-state index >= 15 is 0 Å². The van der Waals surface area contributed by atoms with Crippen molar-refractivity contribution in [2.75, 3.05) is 13.1 Å². The second-order valence-electron chi connectivity index (χ2n) is 6.26. The highest BCUT2D eigenvalue weighted by Crippen LogP contribution is 2.40. The van der Waals surface area contributed by atoms with Crippen LogP contribution in [0.2, 0.25) is 0 Å². The summed E-state index contributed by atoms with van der Waals surface area (Å²) >= 11 is 3.35. The van der Waals surface area contributed by atoms with E-state index in [-0.39, 0.29) is 17.3 Å². The molecule has 0 saturated carbocycles. The van der Waals surface area contributed by atoms with Crippen molar-refractivity contribution in [1.29, 1.82) is 0 Å². The average molecular weight is 344 g/mol. The molecule has 1 aliphatic heterocycles. The fourth-order valence-corrected chi connectivity index (χ4v) is 3.40. The van der Waals surface area contributed by atoms with Gasteiger partial charge in [-0.05, 0) is 32.9 Å². The van der Waals surface area contributed by atoms with E-state index in [1.807, 2.05) is 20.8 Å². The van der Waals surface area contributed by atoms with E-state index in [4.69, 9.17) is 0 Å². The molecule has 0 radical (unpaired) electrons. The summed E-state index contributed by atoms with van der Waals surface area (Å²) in [5.41, 5.74) is 0.354. The van der Waals surface area contributed by atoms with Crippen molar-refractivity contribution >= 4 is 21.9 Å². The molecule has 0 spiro atoms. The lowest BCUT2D eigenvalue weighted by molar-refractivity contribution is -0.141. The average Bonchev–Trinajstić information content (AvgIpc) is 2.73. The third kappa shape index (κ3) is 2.88. The molecule has 1 saturated heterocycles. The van der Waals surface area contributed by atoms with Crippen molar-refractivity contribution in [2.24, 2.45) is 5.92 Å². The molecule has 20 heavy (non-hydrogen) atoms. The molecule has 110 valence electrons. The number of hydrogen-bond acceptors (Lipinski definition) is 2. The zero-order chi connectivity index (χ0) is 15.1. The lowest BCUT2D eigenvalue weighted by Crippen LogP contribution is -2.40. The molecule has 0 bridgehead atoms. The SMILES string of the molecule is CC(C)(C)N1C[C@@H](C(=O)O)[C@H](c2c(F)cccc2Br)C1. The number of nitrogens with zero attached hydrogens (tertiary/aromatic N) is 1. The normalized spacial score (nSPS) is 24.1. The summed E-state index contributed by atoms with van der Waals surface area (Å²) in [7, 11) is 0. The second kappa shape index (κ2) is 5.45. The van der Waals surface area contributed by atoms with Crippen LogP contribution in [0.5, 0.6) is 0 Å². The van der Waals surface area contributed by atoms with Gasteiger partial charge in [-0.1, -0.05) is 22.0 Å². The van der Waals surface area contributed by atoms with Crippen molar-refractivity contribution in [1.82, 2.24) is 4.90 Å². The van der Waals surface area contributed by atoms with Crippen LogP contribution in [0.3, 0.4) is 0 Å². The van der Waals surface area contributed by atoms with Gasteiger partial charge >= 0.3 is 5.97 Å². The summed E-state index contributed by atoms with van der Waals surface area (Å²) in [5.74, 6) is -2.12. The zero-order valence-electron chi connectivity index (χ0n) is 11.9. The molecular weight excluding hydrogens is 325 g/mol. The first-order chi connectivity index (χ1) is 9.21. The Bertz CT molecular complexity index is 507. The van der Waals surface area contributed by atoms with Gasteiger partial charge in [0.25, 0.3) is 0 Å². The first-order valence-corrected chi connectivity index (χ1v) is 7.43. The van der Waals surface area contributed by atoms with Crippen LogP contribution in [0.4, 0.5) is 4.39 Å². The Hall–Kier alpha value is -0.940. The highest BCUT2D eigenvalue weighted by Gasteiger charge is 2.43. The highest BCUT2D eigenvalue weighted by atomic mass is 79.9. The minimum atomic E-state index is -0.864. The summed E-state index contributed by atoms with van der Waals surface area (Å²) in [5, 5.41) is 9.45. The van der Waals surface area contributed by atoms with Crippen molar-refractivity contribution in [3.8, 4) is 0 Å². The molecule has 5 heteroatoms. The maximum Gasteiger partial charge on any atom is 0.308 e. The Kier molecular flexibility index (Phi) is 4.21. The number of hydrogen-bond donors (Lipinski definition) is 1. The molecule has 0 amide bonds. The fourth-order valence-electron chi connectivity index (χ4n) is 2.76. The van der Waals surface area contributed by atoms with Crippen LogP contribution in [0, 0.1) is 11.7 Å². The van der Waals surface area contributed by atoms with Gasteiger partial charge in [0.1, 0.15) is 5.82 Å². The molecule has 0 aromatic heterocycles. The fraction of sp³-hybridized carbons (Fsp3) is 0.533. The Balaban J connectivity index is 2.41. The Labute approximate surface area is 126 Å². The van der Waals surface area contributed by atoms with Gasteiger partial charge in [0.15, 0.2) is 0 Å². The number of carbonyl (C=O) groups is 1. The first-order valence-electron chi connectivity index (χ1n) is 6.63. The van der Waals surface area contributed by atoms with E-state index in [0.29, 0.717) is 23.1 Å². The van der Waals surface area contributed by atoms with Gasteiger partial charge < -0.3 is 5.11 Å². The smallest absolute Gasteiger partial charge is 0.308 e. The van der Waals surface area contributed by atoms with Crippen molar-refractivity contribution in [3.05, 3.63) is 34.1 Å². The number of carboxylic acids is 1. The highest BCUT2D eigenvalue weighted by molar-refractivity contribution is 9.10. The van der Waals surface area contributed by atoms with Crippen LogP contribution in [-0.4, -0.2) is 34.6 Å². The van der Waals surface area contributed by atoms with Crippen LogP contribution in [0.1, 0.15) is 32.3 Å². The second-order valence-corrected chi connectivity index (χ2v) is 7.12. The van der Waals surface area contributed by atoms with E-state index in [1.165, 1.54) is 6.07 Å². The summed E-state index contributed by atoms with van der Waals surface area (Å²) in [6.45, 7) is 7.14. The predicted octanol–water partition coefficient (Wildman–Crippen LogP) is 3.49.